The van der Waals surface area contributed by atoms with Crippen LogP contribution in [0.15, 0.2) is 34.7 Å². The second-order valence-electron chi connectivity index (χ2n) is 5.87. The maximum atomic E-state index is 12.5. The fourth-order valence-corrected chi connectivity index (χ4v) is 2.90. The molecule has 2 aromatic rings. The first kappa shape index (κ1) is 14.1. The van der Waals surface area contributed by atoms with E-state index in [4.69, 9.17) is 22.4 Å². The van der Waals surface area contributed by atoms with E-state index in [0.29, 0.717) is 23.8 Å². The Morgan fingerprint density at radius 3 is 2.62 bits per heavy atom. The number of nitrogens with zero attached hydrogens (tertiary/aromatic N) is 1. The maximum absolute atomic E-state index is 12.5. The summed E-state index contributed by atoms with van der Waals surface area (Å²) in [5.74, 6) is 0.339. The number of hydrogen-bond acceptors (Lipinski definition) is 3. The van der Waals surface area contributed by atoms with E-state index in [0.717, 1.165) is 23.8 Å². The minimum atomic E-state index is -0.139. The molecule has 1 fully saturated rings. The van der Waals surface area contributed by atoms with Gasteiger partial charge in [-0.15, -0.1) is 0 Å². The quantitative estimate of drug-likeness (QED) is 0.867. The minimum absolute atomic E-state index is 0.0591. The van der Waals surface area contributed by atoms with Crippen molar-refractivity contribution >= 4 is 34.1 Å². The van der Waals surface area contributed by atoms with E-state index in [1.165, 1.54) is 0 Å². The Morgan fingerprint density at radius 1 is 1.33 bits per heavy atom. The van der Waals surface area contributed by atoms with Crippen molar-refractivity contribution in [2.45, 2.75) is 19.8 Å². The van der Waals surface area contributed by atoms with Crippen LogP contribution in [0.5, 0.6) is 0 Å². The molecule has 4 nitrogen and oxygen atoms in total. The van der Waals surface area contributed by atoms with Crippen LogP contribution < -0.4 is 5.73 Å². The lowest BCUT2D eigenvalue weighted by Crippen LogP contribution is -2.46. The summed E-state index contributed by atoms with van der Waals surface area (Å²) < 4.78 is 5.64. The van der Waals surface area contributed by atoms with Gasteiger partial charge in [-0.2, -0.15) is 0 Å². The van der Waals surface area contributed by atoms with Crippen LogP contribution in [-0.2, 0) is 0 Å². The fourth-order valence-electron chi connectivity index (χ4n) is 2.69. The van der Waals surface area contributed by atoms with Crippen LogP contribution in [0, 0.1) is 5.41 Å². The molecule has 1 amide bonds. The normalized spacial score (nSPS) is 17.9. The number of hydrogen-bond donors (Lipinski definition) is 1. The number of para-hydroxylation sites is 1. The number of piperidine rings is 1. The molecular weight excluding hydrogens is 284 g/mol. The largest absolute Gasteiger partial charge is 0.451 e. The Balaban J connectivity index is 1.76. The zero-order valence-electron chi connectivity index (χ0n) is 12.0. The molecule has 3 rings (SSSR count). The zero-order valence-corrected chi connectivity index (χ0v) is 12.8. The van der Waals surface area contributed by atoms with Crippen molar-refractivity contribution in [1.29, 1.82) is 0 Å². The molecule has 0 aliphatic carbocycles. The third-order valence-corrected chi connectivity index (χ3v) is 4.88. The van der Waals surface area contributed by atoms with Crippen LogP contribution in [0.25, 0.3) is 11.0 Å². The molecule has 2 N–H and O–H groups in total. The molecule has 2 heterocycles. The molecular formula is C16H18N2O2S. The molecule has 0 unspecified atom stereocenters. The van der Waals surface area contributed by atoms with Gasteiger partial charge in [-0.3, -0.25) is 4.79 Å². The number of thiocarbonyl (C=S) groups is 1. The van der Waals surface area contributed by atoms with Crippen molar-refractivity contribution in [2.75, 3.05) is 13.1 Å². The highest BCUT2D eigenvalue weighted by molar-refractivity contribution is 7.80. The highest BCUT2D eigenvalue weighted by atomic mass is 32.1. The standard InChI is InChI=1S/C16H18N2O2S/c1-16(15(17)21)6-8-18(9-7-16)14(19)13-10-11-4-2-3-5-12(11)20-13/h2-5,10H,6-9H2,1H3,(H2,17,21). The molecule has 1 saturated heterocycles. The van der Waals surface area contributed by atoms with Crippen LogP contribution in [0.4, 0.5) is 0 Å². The summed E-state index contributed by atoms with van der Waals surface area (Å²) >= 11 is 5.13. The Labute approximate surface area is 128 Å². The summed E-state index contributed by atoms with van der Waals surface area (Å²) in [6.45, 7) is 3.38. The lowest BCUT2D eigenvalue weighted by Gasteiger charge is -2.38. The van der Waals surface area contributed by atoms with Crippen LogP contribution in [0.3, 0.4) is 0 Å². The zero-order chi connectivity index (χ0) is 15.0. The molecule has 5 heteroatoms. The van der Waals surface area contributed by atoms with Gasteiger partial charge in [-0.05, 0) is 25.0 Å². The SMILES string of the molecule is CC1(C(N)=S)CCN(C(=O)c2cc3ccccc3o2)CC1. The Hall–Kier alpha value is -1.88. The van der Waals surface area contributed by atoms with Gasteiger partial charge in [0.25, 0.3) is 5.91 Å². The van der Waals surface area contributed by atoms with E-state index in [-0.39, 0.29) is 11.3 Å². The first-order valence-corrected chi connectivity index (χ1v) is 7.48. The second-order valence-corrected chi connectivity index (χ2v) is 6.31. The van der Waals surface area contributed by atoms with Gasteiger partial charge in [-0.25, -0.2) is 0 Å². The van der Waals surface area contributed by atoms with Gasteiger partial charge in [0.2, 0.25) is 0 Å². The van der Waals surface area contributed by atoms with E-state index in [9.17, 15) is 4.79 Å². The van der Waals surface area contributed by atoms with E-state index >= 15 is 0 Å². The van der Waals surface area contributed by atoms with Gasteiger partial charge < -0.3 is 15.1 Å². The average molecular weight is 302 g/mol. The van der Waals surface area contributed by atoms with Crippen molar-refractivity contribution < 1.29 is 9.21 Å². The third-order valence-electron chi connectivity index (χ3n) is 4.39. The Kier molecular flexibility index (Phi) is 3.45. The number of fused-ring (bicyclic) bond motifs is 1. The van der Waals surface area contributed by atoms with Gasteiger partial charge in [-0.1, -0.05) is 37.3 Å². The number of carbonyl (C=O) groups is 1. The van der Waals surface area contributed by atoms with Crippen molar-refractivity contribution in [2.24, 2.45) is 11.1 Å². The monoisotopic (exact) mass is 302 g/mol. The minimum Gasteiger partial charge on any atom is -0.451 e. The van der Waals surface area contributed by atoms with E-state index in [1.807, 2.05) is 29.2 Å². The van der Waals surface area contributed by atoms with Gasteiger partial charge in [0, 0.05) is 23.9 Å². The molecule has 0 radical (unpaired) electrons. The molecule has 1 aliphatic heterocycles. The predicted molar refractivity (Wildman–Crippen MR) is 86.2 cm³/mol. The lowest BCUT2D eigenvalue weighted by atomic mass is 9.80. The number of rotatable bonds is 2. The Morgan fingerprint density at radius 2 is 2.00 bits per heavy atom. The number of amides is 1. The Bertz CT molecular complexity index is 666. The fraction of sp³-hybridized carbons (Fsp3) is 0.375. The van der Waals surface area contributed by atoms with Crippen molar-refractivity contribution in [3.63, 3.8) is 0 Å². The summed E-state index contributed by atoms with van der Waals surface area (Å²) in [5.41, 5.74) is 6.40. The van der Waals surface area contributed by atoms with Crippen LogP contribution >= 0.6 is 12.2 Å². The highest BCUT2D eigenvalue weighted by Crippen LogP contribution is 2.32. The van der Waals surface area contributed by atoms with Gasteiger partial charge in [0.1, 0.15) is 5.58 Å². The summed E-state index contributed by atoms with van der Waals surface area (Å²) in [5, 5.41) is 0.950. The predicted octanol–water partition coefficient (Wildman–Crippen LogP) is 2.96. The maximum Gasteiger partial charge on any atom is 0.289 e. The summed E-state index contributed by atoms with van der Waals surface area (Å²) in [7, 11) is 0. The first-order valence-electron chi connectivity index (χ1n) is 7.07. The molecule has 1 aliphatic rings. The van der Waals surface area contributed by atoms with Crippen molar-refractivity contribution in [3.05, 3.63) is 36.1 Å². The van der Waals surface area contributed by atoms with Crippen LogP contribution in [-0.4, -0.2) is 28.9 Å². The molecule has 0 bridgehead atoms. The molecule has 0 spiro atoms. The number of likely N-dealkylation sites (tertiary alicyclic amines) is 1. The summed E-state index contributed by atoms with van der Waals surface area (Å²) in [6, 6.07) is 9.44. The molecule has 1 aromatic heterocycles. The second kappa shape index (κ2) is 5.15. The van der Waals surface area contributed by atoms with Crippen LogP contribution in [0.2, 0.25) is 0 Å². The molecule has 0 saturated carbocycles. The highest BCUT2D eigenvalue weighted by Gasteiger charge is 2.35. The van der Waals surface area contributed by atoms with Crippen molar-refractivity contribution in [3.8, 4) is 0 Å². The number of nitrogens with two attached hydrogens (primary N) is 1. The average Bonchev–Trinajstić information content (AvgIpc) is 2.91. The van der Waals surface area contributed by atoms with Crippen molar-refractivity contribution in [1.82, 2.24) is 4.90 Å². The van der Waals surface area contributed by atoms with E-state index < -0.39 is 0 Å². The number of furan rings is 1. The third kappa shape index (κ3) is 2.53. The van der Waals surface area contributed by atoms with Gasteiger partial charge >= 0.3 is 0 Å². The van der Waals surface area contributed by atoms with Gasteiger partial charge in [0.15, 0.2) is 5.76 Å². The summed E-state index contributed by atoms with van der Waals surface area (Å²) in [4.78, 5) is 14.9. The number of carbonyl (C=O) groups excluding carboxylic acids is 1. The smallest absolute Gasteiger partial charge is 0.289 e. The van der Waals surface area contributed by atoms with E-state index in [2.05, 4.69) is 6.92 Å². The molecule has 0 atom stereocenters. The topological polar surface area (TPSA) is 59.5 Å². The number of benzene rings is 1. The van der Waals surface area contributed by atoms with Gasteiger partial charge in [0.05, 0.1) is 4.99 Å². The summed E-state index contributed by atoms with van der Waals surface area (Å²) in [6.07, 6.45) is 1.60. The molecule has 21 heavy (non-hydrogen) atoms. The molecule has 110 valence electrons. The van der Waals surface area contributed by atoms with Crippen LogP contribution in [0.1, 0.15) is 30.3 Å². The van der Waals surface area contributed by atoms with E-state index in [1.54, 1.807) is 6.07 Å². The molecule has 1 aromatic carbocycles. The first-order chi connectivity index (χ1) is 9.99. The lowest BCUT2D eigenvalue weighted by molar-refractivity contribution is 0.0640.